The topological polar surface area (TPSA) is 84.9 Å². The van der Waals surface area contributed by atoms with Gasteiger partial charge in [0.15, 0.2) is 5.75 Å². The van der Waals surface area contributed by atoms with Gasteiger partial charge in [-0.1, -0.05) is 59.6 Å². The first-order valence-corrected chi connectivity index (χ1v) is 13.6. The maximum absolute atomic E-state index is 13.9. The largest absolute Gasteiger partial charge is 0.495 e. The highest BCUT2D eigenvalue weighted by Crippen LogP contribution is 2.34. The molecule has 4 aromatic rings. The molecular formula is C28H24Cl2N2O5S. The van der Waals surface area contributed by atoms with Gasteiger partial charge >= 0.3 is 0 Å². The summed E-state index contributed by atoms with van der Waals surface area (Å²) < 4.78 is 40.0. The maximum atomic E-state index is 13.9. The highest BCUT2D eigenvalue weighted by Gasteiger charge is 2.31. The van der Waals surface area contributed by atoms with E-state index in [0.717, 1.165) is 4.31 Å². The fraction of sp³-hybridized carbons (Fsp3) is 0.107. The van der Waals surface area contributed by atoms with Crippen LogP contribution in [0.4, 0.5) is 11.4 Å². The number of halogens is 2. The van der Waals surface area contributed by atoms with E-state index in [-0.39, 0.29) is 26.4 Å². The molecule has 38 heavy (non-hydrogen) atoms. The number of methoxy groups -OCH3 is 1. The molecule has 0 unspecified atom stereocenters. The van der Waals surface area contributed by atoms with Crippen molar-refractivity contribution in [2.75, 3.05) is 23.3 Å². The van der Waals surface area contributed by atoms with Gasteiger partial charge in [0.1, 0.15) is 22.9 Å². The van der Waals surface area contributed by atoms with Crippen molar-refractivity contribution in [2.45, 2.75) is 11.8 Å². The van der Waals surface area contributed by atoms with Crippen LogP contribution in [0.5, 0.6) is 17.2 Å². The number of nitrogens with zero attached hydrogens (tertiary/aromatic N) is 1. The zero-order chi connectivity index (χ0) is 27.3. The lowest BCUT2D eigenvalue weighted by Gasteiger charge is -2.25. The molecule has 4 rings (SSSR count). The Bertz CT molecular complexity index is 1560. The molecule has 0 saturated heterocycles. The van der Waals surface area contributed by atoms with E-state index in [2.05, 4.69) is 5.32 Å². The second-order valence-corrected chi connectivity index (χ2v) is 10.9. The highest BCUT2D eigenvalue weighted by molar-refractivity contribution is 7.93. The Kier molecular flexibility index (Phi) is 8.46. The molecule has 4 aromatic carbocycles. The number of carbonyl (C=O) groups excluding carboxylic acids is 1. The number of para-hydroxylation sites is 3. The van der Waals surface area contributed by atoms with E-state index < -0.39 is 22.5 Å². The summed E-state index contributed by atoms with van der Waals surface area (Å²) >= 11 is 12.3. The zero-order valence-electron chi connectivity index (χ0n) is 20.5. The average Bonchev–Trinajstić information content (AvgIpc) is 2.90. The number of sulfonamides is 1. The van der Waals surface area contributed by atoms with E-state index in [0.29, 0.717) is 22.7 Å². The van der Waals surface area contributed by atoms with E-state index >= 15 is 0 Å². The van der Waals surface area contributed by atoms with Crippen molar-refractivity contribution in [2.24, 2.45) is 0 Å². The number of amides is 1. The summed E-state index contributed by atoms with van der Waals surface area (Å²) in [6, 6.07) is 25.1. The van der Waals surface area contributed by atoms with Gasteiger partial charge in [0.05, 0.1) is 28.5 Å². The van der Waals surface area contributed by atoms with Crippen LogP contribution in [0, 0.1) is 6.92 Å². The lowest BCUT2D eigenvalue weighted by molar-refractivity contribution is -0.114. The minimum Gasteiger partial charge on any atom is -0.495 e. The molecule has 7 nitrogen and oxygen atoms in total. The highest BCUT2D eigenvalue weighted by atomic mass is 35.5. The molecule has 0 aliphatic rings. The third kappa shape index (κ3) is 6.22. The Morgan fingerprint density at radius 2 is 1.58 bits per heavy atom. The summed E-state index contributed by atoms with van der Waals surface area (Å²) in [6.45, 7) is 1.20. The van der Waals surface area contributed by atoms with Crippen LogP contribution in [0.25, 0.3) is 0 Å². The minimum absolute atomic E-state index is 0.0910. The van der Waals surface area contributed by atoms with Gasteiger partial charge in [-0.05, 0) is 67.1 Å². The number of hydrogen-bond donors (Lipinski definition) is 1. The second kappa shape index (κ2) is 11.8. The van der Waals surface area contributed by atoms with Crippen molar-refractivity contribution in [3.63, 3.8) is 0 Å². The van der Waals surface area contributed by atoms with E-state index in [4.69, 9.17) is 32.7 Å². The summed E-state index contributed by atoms with van der Waals surface area (Å²) in [4.78, 5) is 13.2. The molecule has 0 aliphatic heterocycles. The standard InChI is InChI=1S/C28H24Cl2N2O5S/c1-19-12-15-26(36-2)27(16-19)38(34,35)32(20-13-14-22(29)23(30)17-20)18-28(33)31-24-10-6-7-11-25(24)37-21-8-4-3-5-9-21/h3-17H,18H2,1-2H3,(H,31,33). The Labute approximate surface area is 231 Å². The molecule has 0 saturated carbocycles. The van der Waals surface area contributed by atoms with Crippen molar-refractivity contribution in [1.82, 2.24) is 0 Å². The van der Waals surface area contributed by atoms with Gasteiger partial charge in [-0.15, -0.1) is 0 Å². The predicted octanol–water partition coefficient (Wildman–Crippen LogP) is 6.94. The normalized spacial score (nSPS) is 11.1. The monoisotopic (exact) mass is 570 g/mol. The van der Waals surface area contributed by atoms with Crippen LogP contribution in [0.15, 0.2) is 95.9 Å². The zero-order valence-corrected chi connectivity index (χ0v) is 22.8. The van der Waals surface area contributed by atoms with E-state index in [1.165, 1.54) is 31.4 Å². The minimum atomic E-state index is -4.28. The fourth-order valence-corrected chi connectivity index (χ4v) is 5.60. The molecule has 0 heterocycles. The molecule has 0 atom stereocenters. The van der Waals surface area contributed by atoms with E-state index in [1.807, 2.05) is 18.2 Å². The number of nitrogens with one attached hydrogen (secondary N) is 1. The number of anilines is 2. The Morgan fingerprint density at radius 1 is 0.868 bits per heavy atom. The van der Waals surface area contributed by atoms with Gasteiger partial charge in [-0.25, -0.2) is 8.42 Å². The Morgan fingerprint density at radius 3 is 2.29 bits per heavy atom. The van der Waals surface area contributed by atoms with Crippen LogP contribution < -0.4 is 19.1 Å². The molecule has 196 valence electrons. The van der Waals surface area contributed by atoms with Gasteiger partial charge in [0.2, 0.25) is 5.91 Å². The molecule has 10 heteroatoms. The summed E-state index contributed by atoms with van der Waals surface area (Å²) in [5.41, 5.74) is 1.24. The average molecular weight is 571 g/mol. The molecule has 0 radical (unpaired) electrons. The first-order valence-electron chi connectivity index (χ1n) is 11.4. The summed E-state index contributed by atoms with van der Waals surface area (Å²) in [5.74, 6) is 0.523. The van der Waals surface area contributed by atoms with Gasteiger partial charge in [0, 0.05) is 0 Å². The van der Waals surface area contributed by atoms with E-state index in [1.54, 1.807) is 55.5 Å². The van der Waals surface area contributed by atoms with Crippen LogP contribution in [0.1, 0.15) is 5.56 Å². The third-order valence-corrected chi connectivity index (χ3v) is 8.03. The molecule has 0 spiro atoms. The van der Waals surface area contributed by atoms with Crippen molar-refractivity contribution in [1.29, 1.82) is 0 Å². The lowest BCUT2D eigenvalue weighted by Crippen LogP contribution is -2.38. The molecular weight excluding hydrogens is 547 g/mol. The van der Waals surface area contributed by atoms with Crippen molar-refractivity contribution in [3.05, 3.63) is 107 Å². The number of rotatable bonds is 9. The first kappa shape index (κ1) is 27.3. The molecule has 0 bridgehead atoms. The maximum Gasteiger partial charge on any atom is 0.268 e. The third-order valence-electron chi connectivity index (χ3n) is 5.50. The fourth-order valence-electron chi connectivity index (χ4n) is 3.65. The number of aryl methyl sites for hydroxylation is 1. The van der Waals surface area contributed by atoms with E-state index in [9.17, 15) is 13.2 Å². The van der Waals surface area contributed by atoms with Crippen LogP contribution in [-0.4, -0.2) is 28.0 Å². The van der Waals surface area contributed by atoms with Crippen LogP contribution in [-0.2, 0) is 14.8 Å². The van der Waals surface area contributed by atoms with Crippen LogP contribution in [0.2, 0.25) is 10.0 Å². The number of hydrogen-bond acceptors (Lipinski definition) is 5. The molecule has 1 amide bonds. The van der Waals surface area contributed by atoms with Gasteiger partial charge in [0.25, 0.3) is 10.0 Å². The smallest absolute Gasteiger partial charge is 0.268 e. The Hall–Kier alpha value is -3.72. The Balaban J connectivity index is 1.69. The summed E-state index contributed by atoms with van der Waals surface area (Å²) in [6.07, 6.45) is 0. The predicted molar refractivity (Wildman–Crippen MR) is 150 cm³/mol. The number of ether oxygens (including phenoxy) is 2. The lowest BCUT2D eigenvalue weighted by atomic mass is 10.2. The SMILES string of the molecule is COc1ccc(C)cc1S(=O)(=O)N(CC(=O)Nc1ccccc1Oc1ccccc1)c1ccc(Cl)c(Cl)c1. The van der Waals surface area contributed by atoms with Crippen molar-refractivity contribution >= 4 is 50.5 Å². The molecule has 0 aromatic heterocycles. The number of benzene rings is 4. The van der Waals surface area contributed by atoms with Crippen LogP contribution in [0.3, 0.4) is 0 Å². The quantitative estimate of drug-likeness (QED) is 0.235. The van der Waals surface area contributed by atoms with Gasteiger partial charge in [-0.3, -0.25) is 9.10 Å². The molecule has 0 aliphatic carbocycles. The second-order valence-electron chi connectivity index (χ2n) is 8.22. The van der Waals surface area contributed by atoms with Crippen molar-refractivity contribution < 1.29 is 22.7 Å². The number of carbonyl (C=O) groups is 1. The van der Waals surface area contributed by atoms with Crippen LogP contribution >= 0.6 is 23.2 Å². The molecule has 0 fully saturated rings. The summed E-state index contributed by atoms with van der Waals surface area (Å²) in [5, 5.41) is 3.15. The van der Waals surface area contributed by atoms with Gasteiger partial charge < -0.3 is 14.8 Å². The van der Waals surface area contributed by atoms with Crippen molar-refractivity contribution in [3.8, 4) is 17.2 Å². The van der Waals surface area contributed by atoms with Gasteiger partial charge in [-0.2, -0.15) is 0 Å². The first-order chi connectivity index (χ1) is 18.2. The summed E-state index contributed by atoms with van der Waals surface area (Å²) in [7, 11) is -2.90. The molecule has 1 N–H and O–H groups in total.